The Morgan fingerprint density at radius 1 is 1.40 bits per heavy atom. The quantitative estimate of drug-likeness (QED) is 0.747. The molecule has 0 radical (unpaired) electrons. The van der Waals surface area contributed by atoms with Crippen LogP contribution in [0.2, 0.25) is 0 Å². The van der Waals surface area contributed by atoms with Crippen LogP contribution in [0.3, 0.4) is 0 Å². The number of carboxylic acid groups (broad SMARTS) is 1. The fourth-order valence-corrected chi connectivity index (χ4v) is 2.10. The van der Waals surface area contributed by atoms with E-state index < -0.39 is 18.0 Å². The highest BCUT2D eigenvalue weighted by Gasteiger charge is 2.19. The number of aliphatic carboxylic acids is 1. The molecule has 0 saturated heterocycles. The molecule has 1 aromatic rings. The van der Waals surface area contributed by atoms with E-state index in [1.54, 1.807) is 19.1 Å². The Morgan fingerprint density at radius 2 is 2.10 bits per heavy atom. The Bertz CT molecular complexity index is 494. The van der Waals surface area contributed by atoms with Crippen LogP contribution in [-0.2, 0) is 4.79 Å². The number of thioether (sulfide) groups is 1. The maximum Gasteiger partial charge on any atom is 0.326 e. The molecule has 7 heteroatoms. The number of carbonyl (C=O) groups excluding carboxylic acids is 1. The summed E-state index contributed by atoms with van der Waals surface area (Å²) >= 11 is 1.54. The second kappa shape index (κ2) is 7.74. The third kappa shape index (κ3) is 5.08. The highest BCUT2D eigenvalue weighted by atomic mass is 32.2. The van der Waals surface area contributed by atoms with Crippen molar-refractivity contribution < 1.29 is 14.7 Å². The number of carboxylic acids is 1. The van der Waals surface area contributed by atoms with Crippen LogP contribution in [0.15, 0.2) is 12.1 Å². The molecule has 0 spiro atoms. The first-order valence-corrected chi connectivity index (χ1v) is 7.57. The number of rotatable bonds is 6. The van der Waals surface area contributed by atoms with Crippen molar-refractivity contribution in [2.75, 3.05) is 17.3 Å². The van der Waals surface area contributed by atoms with E-state index in [2.05, 4.69) is 15.6 Å². The minimum absolute atomic E-state index is 0.384. The van der Waals surface area contributed by atoms with E-state index in [4.69, 9.17) is 5.11 Å². The Labute approximate surface area is 122 Å². The maximum absolute atomic E-state index is 11.8. The minimum atomic E-state index is -1.03. The van der Waals surface area contributed by atoms with Gasteiger partial charge >= 0.3 is 12.0 Å². The van der Waals surface area contributed by atoms with Crippen molar-refractivity contribution in [1.82, 2.24) is 10.3 Å². The first kappa shape index (κ1) is 16.3. The fourth-order valence-electron chi connectivity index (χ4n) is 1.63. The molecule has 0 unspecified atom stereocenters. The molecule has 0 aliphatic rings. The normalized spacial score (nSPS) is 11.8. The summed E-state index contributed by atoms with van der Waals surface area (Å²) in [7, 11) is 0. The third-order valence-corrected chi connectivity index (χ3v) is 3.33. The molecule has 1 heterocycles. The van der Waals surface area contributed by atoms with E-state index in [1.165, 1.54) is 11.8 Å². The molecule has 110 valence electrons. The molecule has 1 aromatic heterocycles. The number of aryl methyl sites for hydroxylation is 2. The molecule has 0 saturated carbocycles. The van der Waals surface area contributed by atoms with Crippen LogP contribution in [0.5, 0.6) is 0 Å². The van der Waals surface area contributed by atoms with Crippen LogP contribution in [0.1, 0.15) is 17.8 Å². The fraction of sp³-hybridized carbons (Fsp3) is 0.462. The summed E-state index contributed by atoms with van der Waals surface area (Å²) in [6.07, 6.45) is 2.27. The summed E-state index contributed by atoms with van der Waals surface area (Å²) in [5, 5.41) is 14.1. The van der Waals surface area contributed by atoms with Crippen molar-refractivity contribution in [3.63, 3.8) is 0 Å². The van der Waals surface area contributed by atoms with Crippen LogP contribution >= 0.6 is 11.8 Å². The number of carbonyl (C=O) groups is 2. The predicted molar refractivity (Wildman–Crippen MR) is 80.3 cm³/mol. The van der Waals surface area contributed by atoms with Gasteiger partial charge in [-0.2, -0.15) is 11.8 Å². The van der Waals surface area contributed by atoms with Gasteiger partial charge in [-0.05, 0) is 44.4 Å². The molecular formula is C13H19N3O3S. The predicted octanol–water partition coefficient (Wildman–Crippen LogP) is 2.03. The number of aromatic nitrogens is 1. The van der Waals surface area contributed by atoms with Gasteiger partial charge < -0.3 is 15.7 Å². The Hall–Kier alpha value is -1.76. The zero-order valence-electron chi connectivity index (χ0n) is 11.8. The van der Waals surface area contributed by atoms with Gasteiger partial charge in [-0.15, -0.1) is 0 Å². The number of hydrogen-bond acceptors (Lipinski definition) is 4. The van der Waals surface area contributed by atoms with Crippen molar-refractivity contribution in [3.05, 3.63) is 23.5 Å². The monoisotopic (exact) mass is 297 g/mol. The zero-order valence-corrected chi connectivity index (χ0v) is 12.6. The van der Waals surface area contributed by atoms with Crippen molar-refractivity contribution in [3.8, 4) is 0 Å². The highest BCUT2D eigenvalue weighted by molar-refractivity contribution is 7.98. The van der Waals surface area contributed by atoms with Gasteiger partial charge in [-0.1, -0.05) is 0 Å². The first-order valence-electron chi connectivity index (χ1n) is 6.17. The molecule has 6 nitrogen and oxygen atoms in total. The van der Waals surface area contributed by atoms with Crippen molar-refractivity contribution in [2.45, 2.75) is 26.3 Å². The van der Waals surface area contributed by atoms with Gasteiger partial charge in [0.25, 0.3) is 0 Å². The summed E-state index contributed by atoms with van der Waals surface area (Å²) in [6, 6.07) is 2.10. The van der Waals surface area contributed by atoms with Crippen LogP contribution in [0.25, 0.3) is 0 Å². The van der Waals surface area contributed by atoms with Gasteiger partial charge in [0.1, 0.15) is 6.04 Å². The van der Waals surface area contributed by atoms with Crippen LogP contribution in [-0.4, -0.2) is 40.1 Å². The SMILES string of the molecule is CSCC[C@@H](NC(=O)Nc1ccc(C)nc1C)C(=O)O. The number of urea groups is 1. The van der Waals surface area contributed by atoms with Crippen molar-refractivity contribution in [1.29, 1.82) is 0 Å². The zero-order chi connectivity index (χ0) is 15.1. The third-order valence-electron chi connectivity index (χ3n) is 2.69. The summed E-state index contributed by atoms with van der Waals surface area (Å²) in [5.74, 6) is -0.365. The van der Waals surface area contributed by atoms with E-state index in [9.17, 15) is 9.59 Å². The van der Waals surface area contributed by atoms with E-state index in [0.29, 0.717) is 23.6 Å². The molecule has 0 bridgehead atoms. The number of nitrogens with one attached hydrogen (secondary N) is 2. The molecule has 0 aliphatic heterocycles. The molecule has 2 amide bonds. The van der Waals surface area contributed by atoms with E-state index in [1.807, 2.05) is 13.2 Å². The largest absolute Gasteiger partial charge is 0.480 e. The highest BCUT2D eigenvalue weighted by Crippen LogP contribution is 2.12. The van der Waals surface area contributed by atoms with Gasteiger partial charge in [0.15, 0.2) is 0 Å². The lowest BCUT2D eigenvalue weighted by atomic mass is 10.2. The summed E-state index contributed by atoms with van der Waals surface area (Å²) in [6.45, 7) is 3.64. The molecular weight excluding hydrogens is 278 g/mol. The van der Waals surface area contributed by atoms with E-state index >= 15 is 0 Å². The van der Waals surface area contributed by atoms with E-state index in [-0.39, 0.29) is 0 Å². The van der Waals surface area contributed by atoms with Gasteiger partial charge in [-0.3, -0.25) is 4.98 Å². The number of hydrogen-bond donors (Lipinski definition) is 3. The van der Waals surface area contributed by atoms with Crippen LogP contribution in [0, 0.1) is 13.8 Å². The minimum Gasteiger partial charge on any atom is -0.480 e. The van der Waals surface area contributed by atoms with Crippen molar-refractivity contribution in [2.24, 2.45) is 0 Å². The first-order chi connectivity index (χ1) is 9.43. The lowest BCUT2D eigenvalue weighted by molar-refractivity contribution is -0.139. The molecule has 0 fully saturated rings. The second-order valence-corrected chi connectivity index (χ2v) is 5.34. The summed E-state index contributed by atoms with van der Waals surface area (Å²) in [4.78, 5) is 27.1. The molecule has 1 atom stereocenters. The molecule has 0 aromatic carbocycles. The Morgan fingerprint density at radius 3 is 2.65 bits per heavy atom. The van der Waals surface area contributed by atoms with Gasteiger partial charge in [-0.25, -0.2) is 9.59 Å². The molecule has 3 N–H and O–H groups in total. The summed E-state index contributed by atoms with van der Waals surface area (Å²) in [5.41, 5.74) is 2.12. The average molecular weight is 297 g/mol. The molecule has 20 heavy (non-hydrogen) atoms. The average Bonchev–Trinajstić information content (AvgIpc) is 2.37. The number of anilines is 1. The van der Waals surface area contributed by atoms with Gasteiger partial charge in [0, 0.05) is 5.69 Å². The lowest BCUT2D eigenvalue weighted by Gasteiger charge is -2.15. The van der Waals surface area contributed by atoms with Crippen LogP contribution < -0.4 is 10.6 Å². The van der Waals surface area contributed by atoms with Crippen molar-refractivity contribution >= 4 is 29.4 Å². The Kier molecular flexibility index (Phi) is 6.30. The smallest absolute Gasteiger partial charge is 0.326 e. The van der Waals surface area contributed by atoms with Crippen LogP contribution in [0.4, 0.5) is 10.5 Å². The lowest BCUT2D eigenvalue weighted by Crippen LogP contribution is -2.43. The number of amides is 2. The van der Waals surface area contributed by atoms with Gasteiger partial charge in [0.2, 0.25) is 0 Å². The van der Waals surface area contributed by atoms with Gasteiger partial charge in [0.05, 0.1) is 11.4 Å². The Balaban J connectivity index is 2.63. The second-order valence-electron chi connectivity index (χ2n) is 4.36. The number of nitrogens with zero attached hydrogens (tertiary/aromatic N) is 1. The maximum atomic E-state index is 11.8. The number of pyridine rings is 1. The summed E-state index contributed by atoms with van der Waals surface area (Å²) < 4.78 is 0. The standard InChI is InChI=1S/C13H19N3O3S/c1-8-4-5-10(9(2)14-8)15-13(19)16-11(12(17)18)6-7-20-3/h4-5,11H,6-7H2,1-3H3,(H,17,18)(H2,15,16,19)/t11-/m1/s1. The molecule has 1 rings (SSSR count). The topological polar surface area (TPSA) is 91.3 Å². The van der Waals surface area contributed by atoms with E-state index in [0.717, 1.165) is 5.69 Å². The molecule has 0 aliphatic carbocycles.